The molecule has 3 N–H and O–H groups in total. The normalized spacial score (nSPS) is 31.2. The fourth-order valence-electron chi connectivity index (χ4n) is 2.08. The molecule has 2 aliphatic rings. The maximum absolute atomic E-state index is 11.4. The number of piperidine rings is 1. The monoisotopic (exact) mass is 211 g/mol. The lowest BCUT2D eigenvalue weighted by Crippen LogP contribution is -2.51. The molecule has 0 aliphatic carbocycles. The predicted octanol–water partition coefficient (Wildman–Crippen LogP) is -0.867. The molecule has 0 aromatic carbocycles. The number of hydrogen-bond donors (Lipinski definition) is 3. The second-order valence-electron chi connectivity index (χ2n) is 4.20. The summed E-state index contributed by atoms with van der Waals surface area (Å²) in [5.74, 6) is 0.209. The Hall–Kier alpha value is -1.10. The van der Waals surface area contributed by atoms with E-state index in [1.54, 1.807) is 0 Å². The molecule has 15 heavy (non-hydrogen) atoms. The Balaban J connectivity index is 1.72. The van der Waals surface area contributed by atoms with Gasteiger partial charge in [0.15, 0.2) is 0 Å². The van der Waals surface area contributed by atoms with Crippen LogP contribution in [0.15, 0.2) is 0 Å². The zero-order valence-electron chi connectivity index (χ0n) is 8.71. The zero-order valence-corrected chi connectivity index (χ0v) is 8.71. The number of nitrogens with one attached hydrogen (secondary N) is 3. The molecule has 0 aromatic heterocycles. The van der Waals surface area contributed by atoms with Crippen LogP contribution in [0.4, 0.5) is 0 Å². The minimum Gasteiger partial charge on any atom is -0.355 e. The average molecular weight is 211 g/mol. The molecule has 2 aliphatic heterocycles. The number of rotatable bonds is 3. The van der Waals surface area contributed by atoms with Crippen molar-refractivity contribution in [1.29, 1.82) is 0 Å². The van der Waals surface area contributed by atoms with E-state index in [4.69, 9.17) is 0 Å². The van der Waals surface area contributed by atoms with Gasteiger partial charge in [0.05, 0.1) is 6.04 Å². The summed E-state index contributed by atoms with van der Waals surface area (Å²) in [5.41, 5.74) is 0. The first kappa shape index (κ1) is 10.4. The van der Waals surface area contributed by atoms with Crippen molar-refractivity contribution in [2.75, 3.05) is 13.1 Å². The van der Waals surface area contributed by atoms with Gasteiger partial charge in [0.25, 0.3) is 0 Å². The third kappa shape index (κ3) is 2.68. The molecule has 2 fully saturated rings. The van der Waals surface area contributed by atoms with Crippen LogP contribution < -0.4 is 16.0 Å². The van der Waals surface area contributed by atoms with Crippen LogP contribution in [0.25, 0.3) is 0 Å². The highest BCUT2D eigenvalue weighted by Gasteiger charge is 2.25. The van der Waals surface area contributed by atoms with Gasteiger partial charge >= 0.3 is 0 Å². The van der Waals surface area contributed by atoms with Crippen LogP contribution in [0.5, 0.6) is 0 Å². The first-order chi connectivity index (χ1) is 7.25. The minimum absolute atomic E-state index is 0.0729. The van der Waals surface area contributed by atoms with E-state index in [1.165, 1.54) is 0 Å². The van der Waals surface area contributed by atoms with Crippen LogP contribution in [0.1, 0.15) is 25.7 Å². The number of carbonyl (C=O) groups excluding carboxylic acids is 2. The molecule has 0 spiro atoms. The first-order valence-electron chi connectivity index (χ1n) is 5.56. The van der Waals surface area contributed by atoms with E-state index in [1.807, 2.05) is 0 Å². The van der Waals surface area contributed by atoms with E-state index < -0.39 is 0 Å². The van der Waals surface area contributed by atoms with E-state index in [0.29, 0.717) is 13.0 Å². The van der Waals surface area contributed by atoms with Crippen molar-refractivity contribution < 1.29 is 9.59 Å². The quantitative estimate of drug-likeness (QED) is 0.568. The summed E-state index contributed by atoms with van der Waals surface area (Å²) in [4.78, 5) is 22.4. The van der Waals surface area contributed by atoms with Crippen molar-refractivity contribution >= 4 is 11.8 Å². The number of hydrogen-bond acceptors (Lipinski definition) is 3. The summed E-state index contributed by atoms with van der Waals surface area (Å²) in [7, 11) is 0. The largest absolute Gasteiger partial charge is 0.355 e. The van der Waals surface area contributed by atoms with Gasteiger partial charge in [-0.2, -0.15) is 0 Å². The van der Waals surface area contributed by atoms with Crippen LogP contribution in [0.3, 0.4) is 0 Å². The van der Waals surface area contributed by atoms with Gasteiger partial charge in [0.2, 0.25) is 11.8 Å². The SMILES string of the molecule is O=C1CCC(CNC2CCCNC2=O)N1. The predicted molar refractivity (Wildman–Crippen MR) is 55.2 cm³/mol. The van der Waals surface area contributed by atoms with Gasteiger partial charge in [-0.1, -0.05) is 0 Å². The Morgan fingerprint density at radius 2 is 2.20 bits per heavy atom. The van der Waals surface area contributed by atoms with Gasteiger partial charge in [-0.25, -0.2) is 0 Å². The Bertz CT molecular complexity index is 267. The lowest BCUT2D eigenvalue weighted by atomic mass is 10.1. The zero-order chi connectivity index (χ0) is 10.7. The Morgan fingerprint density at radius 1 is 1.33 bits per heavy atom. The van der Waals surface area contributed by atoms with E-state index in [2.05, 4.69) is 16.0 Å². The fraction of sp³-hybridized carbons (Fsp3) is 0.800. The van der Waals surface area contributed by atoms with Crippen molar-refractivity contribution in [3.63, 3.8) is 0 Å². The summed E-state index contributed by atoms with van der Waals surface area (Å²) >= 11 is 0. The summed E-state index contributed by atoms with van der Waals surface area (Å²) in [6, 6.07) is 0.128. The van der Waals surface area contributed by atoms with Crippen molar-refractivity contribution in [2.45, 2.75) is 37.8 Å². The van der Waals surface area contributed by atoms with Crippen molar-refractivity contribution in [2.24, 2.45) is 0 Å². The molecule has 2 atom stereocenters. The summed E-state index contributed by atoms with van der Waals surface area (Å²) in [6.45, 7) is 1.49. The maximum Gasteiger partial charge on any atom is 0.237 e. The standard InChI is InChI=1S/C10H17N3O2/c14-9-4-3-7(13-9)6-12-8-2-1-5-11-10(8)15/h7-8,12H,1-6H2,(H,11,15)(H,13,14). The molecule has 0 bridgehead atoms. The lowest BCUT2D eigenvalue weighted by Gasteiger charge is -2.24. The van der Waals surface area contributed by atoms with Crippen LogP contribution >= 0.6 is 0 Å². The average Bonchev–Trinajstić information content (AvgIpc) is 2.63. The molecular weight excluding hydrogens is 194 g/mol. The molecule has 5 nitrogen and oxygen atoms in total. The molecule has 2 rings (SSSR count). The third-order valence-electron chi connectivity index (χ3n) is 2.98. The molecule has 84 valence electrons. The Morgan fingerprint density at radius 3 is 2.87 bits per heavy atom. The second kappa shape index (κ2) is 4.61. The smallest absolute Gasteiger partial charge is 0.237 e. The second-order valence-corrected chi connectivity index (χ2v) is 4.20. The molecule has 2 amide bonds. The maximum atomic E-state index is 11.4. The highest BCUT2D eigenvalue weighted by atomic mass is 16.2. The molecular formula is C10H17N3O2. The fourth-order valence-corrected chi connectivity index (χ4v) is 2.08. The van der Waals surface area contributed by atoms with Crippen molar-refractivity contribution in [1.82, 2.24) is 16.0 Å². The Kier molecular flexibility index (Phi) is 3.20. The third-order valence-corrected chi connectivity index (χ3v) is 2.98. The lowest BCUT2D eigenvalue weighted by molar-refractivity contribution is -0.124. The molecule has 2 heterocycles. The Labute approximate surface area is 89.0 Å². The summed E-state index contributed by atoms with van der Waals surface area (Å²) < 4.78 is 0. The van der Waals surface area contributed by atoms with E-state index in [-0.39, 0.29) is 23.9 Å². The van der Waals surface area contributed by atoms with Gasteiger partial charge in [-0.3, -0.25) is 9.59 Å². The molecule has 0 saturated carbocycles. The van der Waals surface area contributed by atoms with E-state index >= 15 is 0 Å². The highest BCUT2D eigenvalue weighted by Crippen LogP contribution is 2.07. The first-order valence-corrected chi connectivity index (χ1v) is 5.56. The summed E-state index contributed by atoms with van der Waals surface area (Å²) in [5, 5.41) is 8.91. The van der Waals surface area contributed by atoms with Crippen molar-refractivity contribution in [3.05, 3.63) is 0 Å². The molecule has 2 saturated heterocycles. The molecule has 2 unspecified atom stereocenters. The van der Waals surface area contributed by atoms with Gasteiger partial charge in [0, 0.05) is 25.6 Å². The van der Waals surface area contributed by atoms with Crippen LogP contribution in [0.2, 0.25) is 0 Å². The summed E-state index contributed by atoms with van der Waals surface area (Å²) in [6.07, 6.45) is 3.41. The molecule has 0 aromatic rings. The topological polar surface area (TPSA) is 70.2 Å². The van der Waals surface area contributed by atoms with E-state index in [9.17, 15) is 9.59 Å². The van der Waals surface area contributed by atoms with Crippen LogP contribution in [-0.4, -0.2) is 37.0 Å². The van der Waals surface area contributed by atoms with Gasteiger partial charge in [0.1, 0.15) is 0 Å². The highest BCUT2D eigenvalue weighted by molar-refractivity contribution is 5.82. The molecule has 5 heteroatoms. The number of carbonyl (C=O) groups is 2. The molecule has 0 radical (unpaired) electrons. The van der Waals surface area contributed by atoms with E-state index in [0.717, 1.165) is 25.8 Å². The van der Waals surface area contributed by atoms with Gasteiger partial charge in [-0.05, 0) is 19.3 Å². The number of amides is 2. The van der Waals surface area contributed by atoms with Crippen LogP contribution in [-0.2, 0) is 9.59 Å². The minimum atomic E-state index is -0.0729. The van der Waals surface area contributed by atoms with Gasteiger partial charge in [-0.15, -0.1) is 0 Å². The van der Waals surface area contributed by atoms with Crippen LogP contribution in [0, 0.1) is 0 Å². The van der Waals surface area contributed by atoms with Crippen molar-refractivity contribution in [3.8, 4) is 0 Å². The van der Waals surface area contributed by atoms with Gasteiger partial charge < -0.3 is 16.0 Å².